The molecule has 0 aromatic rings. The van der Waals surface area contributed by atoms with Gasteiger partial charge in [-0.1, -0.05) is 0 Å². The van der Waals surface area contributed by atoms with E-state index in [4.69, 9.17) is 4.74 Å². The lowest BCUT2D eigenvalue weighted by molar-refractivity contribution is -0.129. The molecular weight excluding hydrogens is 192 g/mol. The minimum Gasteiger partial charge on any atom is -0.379 e. The summed E-state index contributed by atoms with van der Waals surface area (Å²) < 4.78 is 5.01. The number of likely N-dealkylation sites (tertiary alicyclic amines) is 1. The molecule has 0 bridgehead atoms. The van der Waals surface area contributed by atoms with E-state index in [1.54, 1.807) is 6.92 Å². The number of nitrogens with zero attached hydrogens (tertiary/aromatic N) is 1. The van der Waals surface area contributed by atoms with Gasteiger partial charge in [0.15, 0.2) is 0 Å². The number of carbonyl (C=O) groups excluding carboxylic acids is 1. The molecule has 0 atom stereocenters. The summed E-state index contributed by atoms with van der Waals surface area (Å²) in [4.78, 5) is 12.6. The van der Waals surface area contributed by atoms with Crippen LogP contribution in [0.15, 0.2) is 0 Å². The molecule has 2 aliphatic heterocycles. The third-order valence-corrected chi connectivity index (χ3v) is 2.65. The first kappa shape index (κ1) is 12.5. The van der Waals surface area contributed by atoms with Crippen LogP contribution in [0.1, 0.15) is 26.2 Å². The van der Waals surface area contributed by atoms with Crippen molar-refractivity contribution in [2.24, 2.45) is 0 Å². The Morgan fingerprint density at radius 3 is 2.00 bits per heavy atom. The van der Waals surface area contributed by atoms with Crippen LogP contribution in [0.3, 0.4) is 0 Å². The van der Waals surface area contributed by atoms with Crippen LogP contribution in [0.5, 0.6) is 0 Å². The average molecular weight is 214 g/mol. The van der Waals surface area contributed by atoms with E-state index >= 15 is 0 Å². The van der Waals surface area contributed by atoms with Gasteiger partial charge >= 0.3 is 0 Å². The number of nitrogens with one attached hydrogen (secondary N) is 1. The first-order valence-corrected chi connectivity index (χ1v) is 5.84. The number of rotatable bonds is 0. The van der Waals surface area contributed by atoms with Gasteiger partial charge in [-0.05, 0) is 19.3 Å². The van der Waals surface area contributed by atoms with Crippen molar-refractivity contribution in [1.82, 2.24) is 10.2 Å². The van der Waals surface area contributed by atoms with Gasteiger partial charge in [-0.25, -0.2) is 0 Å². The summed E-state index contributed by atoms with van der Waals surface area (Å²) in [5, 5.41) is 3.16. The van der Waals surface area contributed by atoms with Crippen LogP contribution in [0, 0.1) is 0 Å². The van der Waals surface area contributed by atoms with E-state index < -0.39 is 0 Å². The monoisotopic (exact) mass is 214 g/mol. The van der Waals surface area contributed by atoms with Gasteiger partial charge in [0.05, 0.1) is 13.2 Å². The summed E-state index contributed by atoms with van der Waals surface area (Å²) in [6.07, 6.45) is 3.68. The fourth-order valence-electron chi connectivity index (χ4n) is 1.72. The molecule has 2 aliphatic rings. The van der Waals surface area contributed by atoms with Crippen LogP contribution in [-0.4, -0.2) is 50.2 Å². The summed E-state index contributed by atoms with van der Waals surface area (Å²) in [5.41, 5.74) is 0. The Bertz CT molecular complexity index is 164. The fraction of sp³-hybridized carbons (Fsp3) is 0.909. The van der Waals surface area contributed by atoms with Crippen molar-refractivity contribution in [2.75, 3.05) is 39.4 Å². The molecule has 15 heavy (non-hydrogen) atoms. The zero-order valence-corrected chi connectivity index (χ0v) is 9.63. The van der Waals surface area contributed by atoms with Crippen LogP contribution in [0.4, 0.5) is 0 Å². The molecule has 4 nitrogen and oxygen atoms in total. The summed E-state index contributed by atoms with van der Waals surface area (Å²) in [6.45, 7) is 7.44. The number of morpholine rings is 1. The number of ether oxygens (including phenoxy) is 1. The lowest BCUT2D eigenvalue weighted by atomic mass is 10.1. The highest BCUT2D eigenvalue weighted by atomic mass is 16.5. The van der Waals surface area contributed by atoms with E-state index in [9.17, 15) is 4.79 Å². The molecule has 2 fully saturated rings. The van der Waals surface area contributed by atoms with Gasteiger partial charge in [-0.2, -0.15) is 0 Å². The topological polar surface area (TPSA) is 41.6 Å². The van der Waals surface area contributed by atoms with Crippen molar-refractivity contribution >= 4 is 5.91 Å². The van der Waals surface area contributed by atoms with Gasteiger partial charge in [0.1, 0.15) is 0 Å². The number of piperidine rings is 1. The van der Waals surface area contributed by atoms with Crippen LogP contribution in [0.2, 0.25) is 0 Å². The minimum atomic E-state index is 0.231. The largest absolute Gasteiger partial charge is 0.379 e. The summed E-state index contributed by atoms with van der Waals surface area (Å²) in [6, 6.07) is 0. The molecule has 0 unspecified atom stereocenters. The number of hydrogen-bond donors (Lipinski definition) is 1. The third kappa shape index (κ3) is 5.74. The first-order valence-electron chi connectivity index (χ1n) is 5.84. The molecule has 0 aromatic carbocycles. The van der Waals surface area contributed by atoms with E-state index in [0.717, 1.165) is 39.4 Å². The van der Waals surface area contributed by atoms with E-state index in [1.165, 1.54) is 19.3 Å². The summed E-state index contributed by atoms with van der Waals surface area (Å²) in [5.74, 6) is 0.231. The van der Waals surface area contributed by atoms with Crippen molar-refractivity contribution in [3.05, 3.63) is 0 Å². The SMILES string of the molecule is C1COCCN1.CC(=O)N1CCCCC1. The molecule has 0 aromatic heterocycles. The second-order valence-corrected chi connectivity index (χ2v) is 3.93. The molecule has 0 saturated carbocycles. The number of carbonyl (C=O) groups is 1. The fourth-order valence-corrected chi connectivity index (χ4v) is 1.72. The highest BCUT2D eigenvalue weighted by Gasteiger charge is 2.10. The van der Waals surface area contributed by atoms with Crippen LogP contribution in [-0.2, 0) is 9.53 Å². The Labute approximate surface area is 92.0 Å². The Balaban J connectivity index is 0.000000162. The highest BCUT2D eigenvalue weighted by molar-refractivity contribution is 5.73. The van der Waals surface area contributed by atoms with E-state index in [1.807, 2.05) is 4.90 Å². The summed E-state index contributed by atoms with van der Waals surface area (Å²) in [7, 11) is 0. The van der Waals surface area contributed by atoms with Gasteiger partial charge in [-0.3, -0.25) is 4.79 Å². The van der Waals surface area contributed by atoms with Crippen molar-refractivity contribution in [2.45, 2.75) is 26.2 Å². The van der Waals surface area contributed by atoms with Crippen molar-refractivity contribution in [3.8, 4) is 0 Å². The Morgan fingerprint density at radius 2 is 1.73 bits per heavy atom. The summed E-state index contributed by atoms with van der Waals surface area (Å²) >= 11 is 0. The maximum Gasteiger partial charge on any atom is 0.219 e. The molecular formula is C11H22N2O2. The number of hydrogen-bond acceptors (Lipinski definition) is 3. The van der Waals surface area contributed by atoms with Gasteiger partial charge in [0.25, 0.3) is 0 Å². The first-order chi connectivity index (χ1) is 7.30. The maximum absolute atomic E-state index is 10.7. The quantitative estimate of drug-likeness (QED) is 0.643. The average Bonchev–Trinajstić information content (AvgIpc) is 2.33. The molecule has 2 saturated heterocycles. The molecule has 1 N–H and O–H groups in total. The molecule has 1 amide bonds. The highest BCUT2D eigenvalue weighted by Crippen LogP contribution is 2.07. The van der Waals surface area contributed by atoms with Crippen LogP contribution < -0.4 is 5.32 Å². The van der Waals surface area contributed by atoms with E-state index in [0.29, 0.717) is 0 Å². The van der Waals surface area contributed by atoms with E-state index in [2.05, 4.69) is 5.32 Å². The van der Waals surface area contributed by atoms with E-state index in [-0.39, 0.29) is 5.91 Å². The predicted octanol–water partition coefficient (Wildman–Crippen LogP) is 0.625. The molecule has 88 valence electrons. The van der Waals surface area contributed by atoms with Gasteiger partial charge in [0.2, 0.25) is 5.91 Å². The molecule has 4 heteroatoms. The smallest absolute Gasteiger partial charge is 0.219 e. The maximum atomic E-state index is 10.7. The predicted molar refractivity (Wildman–Crippen MR) is 59.8 cm³/mol. The van der Waals surface area contributed by atoms with Crippen LogP contribution in [0.25, 0.3) is 0 Å². The Morgan fingerprint density at radius 1 is 1.13 bits per heavy atom. The van der Waals surface area contributed by atoms with Gasteiger partial charge in [0, 0.05) is 33.1 Å². The second-order valence-electron chi connectivity index (χ2n) is 3.93. The van der Waals surface area contributed by atoms with Crippen molar-refractivity contribution in [3.63, 3.8) is 0 Å². The minimum absolute atomic E-state index is 0.231. The van der Waals surface area contributed by atoms with Gasteiger partial charge < -0.3 is 15.0 Å². The molecule has 0 spiro atoms. The molecule has 2 heterocycles. The zero-order chi connectivity index (χ0) is 10.9. The Hall–Kier alpha value is -0.610. The zero-order valence-electron chi connectivity index (χ0n) is 9.63. The molecule has 2 rings (SSSR count). The standard InChI is InChI=1S/C7H13NO.C4H9NO/c1-7(9)8-5-3-2-4-6-8;1-3-6-4-2-5-1/h2-6H2,1H3;5H,1-4H2. The third-order valence-electron chi connectivity index (χ3n) is 2.65. The lowest BCUT2D eigenvalue weighted by Gasteiger charge is -2.24. The van der Waals surface area contributed by atoms with Gasteiger partial charge in [-0.15, -0.1) is 0 Å². The normalized spacial score (nSPS) is 21.5. The number of amides is 1. The van der Waals surface area contributed by atoms with Crippen molar-refractivity contribution in [1.29, 1.82) is 0 Å². The molecule has 0 aliphatic carbocycles. The van der Waals surface area contributed by atoms with Crippen LogP contribution >= 0.6 is 0 Å². The molecule has 0 radical (unpaired) electrons. The second kappa shape index (κ2) is 7.65. The van der Waals surface area contributed by atoms with Crippen molar-refractivity contribution < 1.29 is 9.53 Å². The Kier molecular flexibility index (Phi) is 6.36. The lowest BCUT2D eigenvalue weighted by Crippen LogP contribution is -2.33.